The van der Waals surface area contributed by atoms with Crippen molar-refractivity contribution in [3.05, 3.63) is 23.6 Å². The standard InChI is InChI=1S/C6H4BF4NO2/c8-3-1-4(6(9,10)11)5(7(13)14)12-2-3/h1-2,13-14H. The fraction of sp³-hybridized carbons (Fsp3) is 0.167. The maximum Gasteiger partial charge on any atom is 0.508 e. The molecule has 0 aliphatic carbocycles. The third-order valence-electron chi connectivity index (χ3n) is 1.44. The summed E-state index contributed by atoms with van der Waals surface area (Å²) in [7, 11) is -2.38. The second kappa shape index (κ2) is 3.54. The maximum atomic E-state index is 12.4. The van der Waals surface area contributed by atoms with Gasteiger partial charge in [0.05, 0.1) is 17.4 Å². The number of rotatable bonds is 1. The lowest BCUT2D eigenvalue weighted by molar-refractivity contribution is -0.137. The van der Waals surface area contributed by atoms with Gasteiger partial charge in [-0.3, -0.25) is 4.98 Å². The van der Waals surface area contributed by atoms with Gasteiger partial charge in [-0.15, -0.1) is 0 Å². The molecule has 1 rings (SSSR count). The van der Waals surface area contributed by atoms with Crippen molar-refractivity contribution in [3.63, 3.8) is 0 Å². The fourth-order valence-electron chi connectivity index (χ4n) is 0.883. The predicted molar refractivity (Wildman–Crippen MR) is 39.0 cm³/mol. The van der Waals surface area contributed by atoms with Crippen LogP contribution in [-0.4, -0.2) is 22.2 Å². The molecule has 0 aliphatic rings. The van der Waals surface area contributed by atoms with Gasteiger partial charge in [-0.2, -0.15) is 13.2 Å². The van der Waals surface area contributed by atoms with E-state index in [0.717, 1.165) is 0 Å². The average molecular weight is 209 g/mol. The lowest BCUT2D eigenvalue weighted by Crippen LogP contribution is -2.38. The van der Waals surface area contributed by atoms with E-state index < -0.39 is 30.3 Å². The molecule has 0 bridgehead atoms. The van der Waals surface area contributed by atoms with Crippen molar-refractivity contribution in [1.29, 1.82) is 0 Å². The smallest absolute Gasteiger partial charge is 0.422 e. The van der Waals surface area contributed by atoms with E-state index in [0.29, 0.717) is 6.20 Å². The minimum absolute atomic E-state index is 0.155. The van der Waals surface area contributed by atoms with Crippen LogP contribution < -0.4 is 5.59 Å². The summed E-state index contributed by atoms with van der Waals surface area (Å²) in [6.45, 7) is 0. The molecule has 0 radical (unpaired) electrons. The molecule has 0 unspecified atom stereocenters. The van der Waals surface area contributed by atoms with Crippen LogP contribution in [0.25, 0.3) is 0 Å². The highest BCUT2D eigenvalue weighted by Gasteiger charge is 2.37. The third kappa shape index (κ3) is 2.21. The van der Waals surface area contributed by atoms with Gasteiger partial charge < -0.3 is 10.0 Å². The van der Waals surface area contributed by atoms with Crippen molar-refractivity contribution >= 4 is 12.7 Å². The lowest BCUT2D eigenvalue weighted by Gasteiger charge is -2.10. The Morgan fingerprint density at radius 2 is 1.86 bits per heavy atom. The lowest BCUT2D eigenvalue weighted by atomic mass is 9.82. The number of aromatic nitrogens is 1. The third-order valence-corrected chi connectivity index (χ3v) is 1.44. The number of hydrogen-bond acceptors (Lipinski definition) is 3. The molecule has 1 aromatic rings. The van der Waals surface area contributed by atoms with Gasteiger partial charge in [-0.25, -0.2) is 4.39 Å². The molecule has 2 N–H and O–H groups in total. The summed E-state index contributed by atoms with van der Waals surface area (Å²) in [6.07, 6.45) is -4.39. The molecule has 1 heterocycles. The number of hydrogen-bond donors (Lipinski definition) is 2. The molecular formula is C6H4BF4NO2. The van der Waals surface area contributed by atoms with Crippen LogP contribution in [0.15, 0.2) is 12.3 Å². The molecule has 0 spiro atoms. The average Bonchev–Trinajstić information content (AvgIpc) is 2.01. The summed E-state index contributed by atoms with van der Waals surface area (Å²) in [6, 6.07) is 0.155. The molecular weight excluding hydrogens is 205 g/mol. The first-order valence-corrected chi connectivity index (χ1v) is 3.41. The van der Waals surface area contributed by atoms with Gasteiger partial charge in [0.2, 0.25) is 0 Å². The molecule has 0 saturated carbocycles. The molecule has 8 heteroatoms. The number of pyridine rings is 1. The van der Waals surface area contributed by atoms with E-state index >= 15 is 0 Å². The Labute approximate surface area is 76.2 Å². The van der Waals surface area contributed by atoms with Gasteiger partial charge in [-0.05, 0) is 6.07 Å². The first-order valence-electron chi connectivity index (χ1n) is 3.41. The molecule has 0 saturated heterocycles. The zero-order valence-corrected chi connectivity index (χ0v) is 6.59. The van der Waals surface area contributed by atoms with Crippen LogP contribution in [0.4, 0.5) is 17.6 Å². The van der Waals surface area contributed by atoms with Crippen LogP contribution in [-0.2, 0) is 6.18 Å². The Hall–Kier alpha value is -1.15. The van der Waals surface area contributed by atoms with Gasteiger partial charge in [0, 0.05) is 0 Å². The van der Waals surface area contributed by atoms with Crippen molar-refractivity contribution < 1.29 is 27.6 Å². The molecule has 0 amide bonds. The van der Waals surface area contributed by atoms with Gasteiger partial charge >= 0.3 is 13.3 Å². The van der Waals surface area contributed by atoms with E-state index in [1.54, 1.807) is 0 Å². The second-order valence-electron chi connectivity index (χ2n) is 2.46. The molecule has 0 atom stereocenters. The molecule has 1 aromatic heterocycles. The minimum Gasteiger partial charge on any atom is -0.422 e. The van der Waals surface area contributed by atoms with Crippen LogP contribution in [0, 0.1) is 5.82 Å². The molecule has 76 valence electrons. The van der Waals surface area contributed by atoms with E-state index in [1.165, 1.54) is 0 Å². The molecule has 14 heavy (non-hydrogen) atoms. The molecule has 0 aliphatic heterocycles. The van der Waals surface area contributed by atoms with E-state index in [-0.39, 0.29) is 6.07 Å². The molecule has 3 nitrogen and oxygen atoms in total. The van der Waals surface area contributed by atoms with Crippen LogP contribution in [0.1, 0.15) is 5.56 Å². The summed E-state index contributed by atoms with van der Waals surface area (Å²) < 4.78 is 48.9. The van der Waals surface area contributed by atoms with Gasteiger partial charge in [-0.1, -0.05) is 0 Å². The van der Waals surface area contributed by atoms with Gasteiger partial charge in [0.1, 0.15) is 5.82 Å². The molecule has 0 fully saturated rings. The summed E-state index contributed by atoms with van der Waals surface area (Å²) in [5.41, 5.74) is -2.51. The van der Waals surface area contributed by atoms with Gasteiger partial charge in [0.15, 0.2) is 0 Å². The summed E-state index contributed by atoms with van der Waals surface area (Å²) in [5, 5.41) is 17.1. The Kier molecular flexibility index (Phi) is 2.77. The zero-order valence-electron chi connectivity index (χ0n) is 6.59. The van der Waals surface area contributed by atoms with E-state index in [2.05, 4.69) is 4.98 Å². The van der Waals surface area contributed by atoms with E-state index in [4.69, 9.17) is 10.0 Å². The van der Waals surface area contributed by atoms with Crippen molar-refractivity contribution in [2.45, 2.75) is 6.18 Å². The normalized spacial score (nSPS) is 11.6. The van der Waals surface area contributed by atoms with Crippen LogP contribution >= 0.6 is 0 Å². The highest BCUT2D eigenvalue weighted by molar-refractivity contribution is 6.58. The summed E-state index contributed by atoms with van der Waals surface area (Å²) in [4.78, 5) is 2.95. The maximum absolute atomic E-state index is 12.4. The first-order chi connectivity index (χ1) is 6.32. The van der Waals surface area contributed by atoms with Crippen LogP contribution in [0.5, 0.6) is 0 Å². The largest absolute Gasteiger partial charge is 0.508 e. The topological polar surface area (TPSA) is 53.4 Å². The number of halogens is 4. The summed E-state index contributed by atoms with van der Waals surface area (Å²) >= 11 is 0. The van der Waals surface area contributed by atoms with Gasteiger partial charge in [0.25, 0.3) is 0 Å². The Bertz CT molecular complexity index is 341. The summed E-state index contributed by atoms with van der Waals surface area (Å²) in [5.74, 6) is -1.19. The van der Waals surface area contributed by atoms with Crippen LogP contribution in [0.3, 0.4) is 0 Å². The highest BCUT2D eigenvalue weighted by Crippen LogP contribution is 2.27. The van der Waals surface area contributed by atoms with Crippen molar-refractivity contribution in [2.75, 3.05) is 0 Å². The quantitative estimate of drug-likeness (QED) is 0.502. The minimum atomic E-state index is -4.87. The Morgan fingerprint density at radius 1 is 1.29 bits per heavy atom. The number of alkyl halides is 3. The predicted octanol–water partition coefficient (Wildman–Crippen LogP) is -0.0807. The first kappa shape index (κ1) is 10.9. The zero-order chi connectivity index (χ0) is 10.9. The van der Waals surface area contributed by atoms with Crippen molar-refractivity contribution in [1.82, 2.24) is 4.98 Å². The Balaban J connectivity index is 3.30. The molecule has 0 aromatic carbocycles. The Morgan fingerprint density at radius 3 is 2.29 bits per heavy atom. The fourth-order valence-corrected chi connectivity index (χ4v) is 0.883. The van der Waals surface area contributed by atoms with Crippen LogP contribution in [0.2, 0.25) is 0 Å². The monoisotopic (exact) mass is 209 g/mol. The van der Waals surface area contributed by atoms with Crippen molar-refractivity contribution in [3.8, 4) is 0 Å². The highest BCUT2D eigenvalue weighted by atomic mass is 19.4. The second-order valence-corrected chi connectivity index (χ2v) is 2.46. The SMILES string of the molecule is OB(O)c1ncc(F)cc1C(F)(F)F. The van der Waals surface area contributed by atoms with E-state index in [9.17, 15) is 17.6 Å². The van der Waals surface area contributed by atoms with Crippen molar-refractivity contribution in [2.24, 2.45) is 0 Å². The number of nitrogens with zero attached hydrogens (tertiary/aromatic N) is 1. The van der Waals surface area contributed by atoms with E-state index in [1.807, 2.05) is 0 Å².